The van der Waals surface area contributed by atoms with Gasteiger partial charge in [0.1, 0.15) is 11.6 Å². The highest BCUT2D eigenvalue weighted by atomic mass is 19.2. The Balaban J connectivity index is 1.23. The van der Waals surface area contributed by atoms with Crippen LogP contribution >= 0.6 is 0 Å². The highest BCUT2D eigenvalue weighted by Crippen LogP contribution is 2.47. The summed E-state index contributed by atoms with van der Waals surface area (Å²) in [5.74, 6) is 0.222. The normalized spacial score (nSPS) is 21.4. The number of nitrogens with one attached hydrogen (secondary N) is 1. The summed E-state index contributed by atoms with van der Waals surface area (Å²) < 4.78 is 28.6. The lowest BCUT2D eigenvalue weighted by Gasteiger charge is -2.08. The molecule has 1 saturated carbocycles. The largest absolute Gasteiger partial charge is 0.356 e. The van der Waals surface area contributed by atoms with Gasteiger partial charge in [0, 0.05) is 31.8 Å². The first-order chi connectivity index (χ1) is 13.1. The van der Waals surface area contributed by atoms with Gasteiger partial charge < -0.3 is 9.88 Å². The van der Waals surface area contributed by atoms with E-state index in [-0.39, 0.29) is 17.7 Å². The number of amides is 1. The van der Waals surface area contributed by atoms with E-state index in [4.69, 9.17) is 0 Å². The van der Waals surface area contributed by atoms with Crippen LogP contribution in [0, 0.1) is 17.6 Å². The van der Waals surface area contributed by atoms with Gasteiger partial charge in [0.2, 0.25) is 5.91 Å². The van der Waals surface area contributed by atoms with Crippen molar-refractivity contribution < 1.29 is 13.6 Å². The smallest absolute Gasteiger partial charge is 0.223 e. The molecule has 2 aliphatic rings. The molecule has 4 rings (SSSR count). The number of carbonyl (C=O) groups excluding carboxylic acids is 1. The third kappa shape index (κ3) is 4.01. The summed E-state index contributed by atoms with van der Waals surface area (Å²) in [6.45, 7) is 1.57. The maximum atomic E-state index is 13.3. The van der Waals surface area contributed by atoms with E-state index in [1.54, 1.807) is 6.07 Å². The molecule has 0 bridgehead atoms. The second kappa shape index (κ2) is 7.74. The second-order valence-electron chi connectivity index (χ2n) is 7.51. The average Bonchev–Trinajstić information content (AvgIpc) is 3.42. The van der Waals surface area contributed by atoms with Crippen molar-refractivity contribution in [2.45, 2.75) is 57.4 Å². The first kappa shape index (κ1) is 18.1. The van der Waals surface area contributed by atoms with Crippen LogP contribution in [0.15, 0.2) is 18.2 Å². The summed E-state index contributed by atoms with van der Waals surface area (Å²) in [6.07, 6.45) is 6.87. The Hall–Kier alpha value is -2.31. The van der Waals surface area contributed by atoms with Gasteiger partial charge in [-0.2, -0.15) is 0 Å². The standard InChI is InChI=1S/C20H24F2N4O/c21-16-8-7-13(11-17(16)22)14-12-15(14)20(27)23-9-4-6-19-25-24-18-5-2-1-3-10-26(18)19/h7-8,11,14-15H,1-6,9-10,12H2,(H,23,27)/t14-,15+/m0/s1. The lowest BCUT2D eigenvalue weighted by Crippen LogP contribution is -2.27. The first-order valence-corrected chi connectivity index (χ1v) is 9.77. The Labute approximate surface area is 157 Å². The van der Waals surface area contributed by atoms with Gasteiger partial charge in [-0.15, -0.1) is 10.2 Å². The Morgan fingerprint density at radius 1 is 1.19 bits per heavy atom. The molecule has 0 unspecified atom stereocenters. The highest BCUT2D eigenvalue weighted by molar-refractivity contribution is 5.82. The van der Waals surface area contributed by atoms with Gasteiger partial charge in [-0.3, -0.25) is 4.79 Å². The molecule has 0 saturated heterocycles. The summed E-state index contributed by atoms with van der Waals surface area (Å²) >= 11 is 0. The number of aryl methyl sites for hydroxylation is 2. The van der Waals surface area contributed by atoms with Crippen molar-refractivity contribution >= 4 is 5.91 Å². The number of hydrogen-bond acceptors (Lipinski definition) is 3. The fraction of sp³-hybridized carbons (Fsp3) is 0.550. The van der Waals surface area contributed by atoms with Crippen molar-refractivity contribution in [3.63, 3.8) is 0 Å². The molecule has 5 nitrogen and oxygen atoms in total. The van der Waals surface area contributed by atoms with Crippen molar-refractivity contribution in [3.8, 4) is 0 Å². The van der Waals surface area contributed by atoms with E-state index in [2.05, 4.69) is 20.1 Å². The fourth-order valence-corrected chi connectivity index (χ4v) is 3.92. The minimum Gasteiger partial charge on any atom is -0.356 e. The fourth-order valence-electron chi connectivity index (χ4n) is 3.92. The lowest BCUT2D eigenvalue weighted by atomic mass is 10.1. The van der Waals surface area contributed by atoms with Crippen LogP contribution in [0.2, 0.25) is 0 Å². The minimum atomic E-state index is -0.856. The van der Waals surface area contributed by atoms with Crippen molar-refractivity contribution in [1.82, 2.24) is 20.1 Å². The van der Waals surface area contributed by atoms with Gasteiger partial charge in [-0.25, -0.2) is 8.78 Å². The molecular formula is C20H24F2N4O. The second-order valence-corrected chi connectivity index (χ2v) is 7.51. The van der Waals surface area contributed by atoms with E-state index in [1.165, 1.54) is 25.3 Å². The Kier molecular flexibility index (Phi) is 5.18. The van der Waals surface area contributed by atoms with Crippen LogP contribution in [-0.2, 0) is 24.2 Å². The molecule has 0 spiro atoms. The third-order valence-corrected chi connectivity index (χ3v) is 5.56. The lowest BCUT2D eigenvalue weighted by molar-refractivity contribution is -0.122. The molecule has 0 radical (unpaired) electrons. The summed E-state index contributed by atoms with van der Waals surface area (Å²) in [4.78, 5) is 12.3. The van der Waals surface area contributed by atoms with E-state index >= 15 is 0 Å². The zero-order valence-corrected chi connectivity index (χ0v) is 15.3. The maximum absolute atomic E-state index is 13.3. The first-order valence-electron chi connectivity index (χ1n) is 9.77. The Morgan fingerprint density at radius 2 is 2.07 bits per heavy atom. The summed E-state index contributed by atoms with van der Waals surface area (Å²) in [6, 6.07) is 3.89. The molecule has 27 heavy (non-hydrogen) atoms. The molecule has 1 fully saturated rings. The zero-order chi connectivity index (χ0) is 18.8. The Bertz CT molecular complexity index is 835. The van der Waals surface area contributed by atoms with Crippen molar-refractivity contribution in [3.05, 3.63) is 47.0 Å². The molecule has 2 heterocycles. The van der Waals surface area contributed by atoms with Crippen LogP contribution in [0.3, 0.4) is 0 Å². The molecular weight excluding hydrogens is 350 g/mol. The van der Waals surface area contributed by atoms with Crippen molar-refractivity contribution in [2.24, 2.45) is 5.92 Å². The number of halogens is 2. The van der Waals surface area contributed by atoms with Gasteiger partial charge in [-0.1, -0.05) is 12.5 Å². The summed E-state index contributed by atoms with van der Waals surface area (Å²) in [7, 11) is 0. The highest BCUT2D eigenvalue weighted by Gasteiger charge is 2.43. The molecule has 1 aliphatic heterocycles. The van der Waals surface area contributed by atoms with Crippen molar-refractivity contribution in [1.29, 1.82) is 0 Å². The van der Waals surface area contributed by atoms with Gasteiger partial charge >= 0.3 is 0 Å². The van der Waals surface area contributed by atoms with Crippen LogP contribution in [-0.4, -0.2) is 27.2 Å². The third-order valence-electron chi connectivity index (χ3n) is 5.56. The van der Waals surface area contributed by atoms with Gasteiger partial charge in [-0.05, 0) is 49.3 Å². The summed E-state index contributed by atoms with van der Waals surface area (Å²) in [5.41, 5.74) is 0.695. The monoisotopic (exact) mass is 374 g/mol. The van der Waals surface area contributed by atoms with Gasteiger partial charge in [0.25, 0.3) is 0 Å². The predicted octanol–water partition coefficient (Wildman–Crippen LogP) is 3.14. The Morgan fingerprint density at radius 3 is 2.93 bits per heavy atom. The predicted molar refractivity (Wildman–Crippen MR) is 96.1 cm³/mol. The van der Waals surface area contributed by atoms with Gasteiger partial charge in [0.05, 0.1) is 0 Å². The number of carbonyl (C=O) groups is 1. The van der Waals surface area contributed by atoms with Crippen LogP contribution in [0.5, 0.6) is 0 Å². The molecule has 2 aromatic rings. The minimum absolute atomic E-state index is 0.00707. The molecule has 1 N–H and O–H groups in total. The molecule has 1 aromatic heterocycles. The van der Waals surface area contributed by atoms with Crippen LogP contribution < -0.4 is 5.32 Å². The van der Waals surface area contributed by atoms with E-state index < -0.39 is 11.6 Å². The molecule has 144 valence electrons. The molecule has 1 amide bonds. The van der Waals surface area contributed by atoms with Crippen LogP contribution in [0.25, 0.3) is 0 Å². The number of fused-ring (bicyclic) bond motifs is 1. The van der Waals surface area contributed by atoms with E-state index in [0.717, 1.165) is 43.5 Å². The van der Waals surface area contributed by atoms with Crippen LogP contribution in [0.4, 0.5) is 8.78 Å². The van der Waals surface area contributed by atoms with Crippen LogP contribution in [0.1, 0.15) is 55.2 Å². The van der Waals surface area contributed by atoms with Gasteiger partial charge in [0.15, 0.2) is 11.6 Å². The molecule has 7 heteroatoms. The average molecular weight is 374 g/mol. The number of nitrogens with zero attached hydrogens (tertiary/aromatic N) is 3. The van der Waals surface area contributed by atoms with E-state index in [9.17, 15) is 13.6 Å². The van der Waals surface area contributed by atoms with Crippen molar-refractivity contribution in [2.75, 3.05) is 6.54 Å². The molecule has 1 aromatic carbocycles. The molecule has 2 atom stereocenters. The number of aromatic nitrogens is 3. The SMILES string of the molecule is O=C(NCCCc1nnc2n1CCCCC2)[C@@H]1C[C@H]1c1ccc(F)c(F)c1. The van der Waals surface area contributed by atoms with E-state index in [0.29, 0.717) is 18.5 Å². The quantitative estimate of drug-likeness (QED) is 0.791. The number of benzene rings is 1. The molecule has 1 aliphatic carbocycles. The summed E-state index contributed by atoms with van der Waals surface area (Å²) in [5, 5.41) is 11.6. The zero-order valence-electron chi connectivity index (χ0n) is 15.3. The maximum Gasteiger partial charge on any atom is 0.223 e. The van der Waals surface area contributed by atoms with E-state index in [1.807, 2.05) is 0 Å². The topological polar surface area (TPSA) is 59.8 Å². The number of hydrogen-bond donors (Lipinski definition) is 1. The number of rotatable bonds is 6.